The molecular weight excluding hydrogens is 467 g/mol. The maximum Gasteiger partial charge on any atom is 0.216 e. The highest BCUT2D eigenvalue weighted by molar-refractivity contribution is 14.0. The first kappa shape index (κ1) is 22.7. The van der Waals surface area contributed by atoms with Gasteiger partial charge in [0.15, 0.2) is 5.96 Å². The molecule has 2 rings (SSSR count). The lowest BCUT2D eigenvalue weighted by molar-refractivity contribution is 0.125. The first-order valence-corrected chi connectivity index (χ1v) is 8.73. The third-order valence-electron chi connectivity index (χ3n) is 3.51. The fourth-order valence-electron chi connectivity index (χ4n) is 2.11. The quantitative estimate of drug-likeness (QED) is 0.254. The van der Waals surface area contributed by atoms with Gasteiger partial charge in [0.05, 0.1) is 18.9 Å². The molecule has 0 amide bonds. The molecule has 0 atom stereocenters. The Morgan fingerprint density at radius 3 is 2.58 bits per heavy atom. The van der Waals surface area contributed by atoms with E-state index < -0.39 is 0 Å². The van der Waals surface area contributed by atoms with Crippen LogP contribution in [-0.4, -0.2) is 30.6 Å². The van der Waals surface area contributed by atoms with Crippen LogP contribution in [0.5, 0.6) is 0 Å². The fraction of sp³-hybridized carbons (Fsp3) is 0.444. The van der Waals surface area contributed by atoms with E-state index in [-0.39, 0.29) is 24.0 Å². The van der Waals surface area contributed by atoms with Gasteiger partial charge >= 0.3 is 0 Å². The number of nitrogens with zero attached hydrogens (tertiary/aromatic N) is 2. The number of oxazole rings is 1. The molecule has 144 valence electrons. The highest BCUT2D eigenvalue weighted by Crippen LogP contribution is 2.10. The van der Waals surface area contributed by atoms with E-state index in [4.69, 9.17) is 20.8 Å². The molecule has 0 saturated carbocycles. The molecule has 0 spiro atoms. The van der Waals surface area contributed by atoms with E-state index in [1.165, 1.54) is 0 Å². The summed E-state index contributed by atoms with van der Waals surface area (Å²) in [5, 5.41) is 7.15. The second-order valence-corrected chi connectivity index (χ2v) is 5.99. The molecule has 0 bridgehead atoms. The van der Waals surface area contributed by atoms with Crippen molar-refractivity contribution in [1.29, 1.82) is 0 Å². The number of aromatic nitrogens is 1. The van der Waals surface area contributed by atoms with Crippen molar-refractivity contribution in [3.8, 4) is 0 Å². The van der Waals surface area contributed by atoms with E-state index in [9.17, 15) is 0 Å². The Morgan fingerprint density at radius 1 is 1.23 bits per heavy atom. The van der Waals surface area contributed by atoms with Crippen molar-refractivity contribution in [1.82, 2.24) is 15.6 Å². The average molecular weight is 493 g/mol. The summed E-state index contributed by atoms with van der Waals surface area (Å²) in [6.45, 7) is 8.81. The first-order chi connectivity index (χ1) is 12.1. The molecule has 0 aliphatic rings. The summed E-state index contributed by atoms with van der Waals surface area (Å²) in [6.07, 6.45) is 0. The van der Waals surface area contributed by atoms with Crippen molar-refractivity contribution in [2.45, 2.75) is 33.9 Å². The molecular formula is C18H26ClIN4O2. The molecule has 0 aliphatic carbocycles. The number of guanidine groups is 1. The van der Waals surface area contributed by atoms with Crippen LogP contribution in [0.1, 0.15) is 29.8 Å². The molecule has 2 aromatic rings. The molecule has 0 saturated heterocycles. The Hall–Kier alpha value is -1.32. The van der Waals surface area contributed by atoms with E-state index in [1.54, 1.807) is 0 Å². The molecule has 1 aromatic heterocycles. The summed E-state index contributed by atoms with van der Waals surface area (Å²) >= 11 is 5.86. The predicted molar refractivity (Wildman–Crippen MR) is 115 cm³/mol. The molecule has 2 N–H and O–H groups in total. The van der Waals surface area contributed by atoms with Crippen molar-refractivity contribution in [2.24, 2.45) is 4.99 Å². The number of rotatable bonds is 8. The third-order valence-corrected chi connectivity index (χ3v) is 3.76. The lowest BCUT2D eigenvalue weighted by atomic mass is 10.2. The minimum atomic E-state index is 0. The summed E-state index contributed by atoms with van der Waals surface area (Å²) < 4.78 is 11.2. The average Bonchev–Trinajstić information content (AvgIpc) is 2.92. The van der Waals surface area contributed by atoms with Gasteiger partial charge in [0.2, 0.25) is 5.89 Å². The van der Waals surface area contributed by atoms with Crippen molar-refractivity contribution < 1.29 is 9.15 Å². The number of aryl methyl sites for hydroxylation is 2. The topological polar surface area (TPSA) is 71.7 Å². The summed E-state index contributed by atoms with van der Waals surface area (Å²) in [7, 11) is 0. The van der Waals surface area contributed by atoms with E-state index in [0.29, 0.717) is 38.2 Å². The zero-order valence-corrected chi connectivity index (χ0v) is 18.4. The van der Waals surface area contributed by atoms with Gasteiger partial charge in [0.1, 0.15) is 12.3 Å². The number of nitrogens with one attached hydrogen (secondary N) is 2. The molecule has 0 radical (unpaired) electrons. The SMILES string of the molecule is CCNC(=NCc1nc(C)c(C)o1)NCCOCc1ccc(Cl)cc1.I. The minimum Gasteiger partial charge on any atom is -0.444 e. The molecule has 1 heterocycles. The second-order valence-electron chi connectivity index (χ2n) is 5.55. The van der Waals surface area contributed by atoms with Gasteiger partial charge in [-0.15, -0.1) is 24.0 Å². The lowest BCUT2D eigenvalue weighted by Gasteiger charge is -2.11. The standard InChI is InChI=1S/C18H25ClN4O2.HI/c1-4-20-18(22-11-17-23-13(2)14(3)25-17)21-9-10-24-12-15-5-7-16(19)8-6-15;/h5-8H,4,9-12H2,1-3H3,(H2,20,21,22);1H. The van der Waals surface area contributed by atoms with Gasteiger partial charge in [-0.1, -0.05) is 23.7 Å². The highest BCUT2D eigenvalue weighted by Gasteiger charge is 2.05. The number of aliphatic imine (C=N–C) groups is 1. The maximum atomic E-state index is 5.86. The van der Waals surface area contributed by atoms with E-state index >= 15 is 0 Å². The summed E-state index contributed by atoms with van der Waals surface area (Å²) in [5.41, 5.74) is 2.00. The second kappa shape index (κ2) is 12.1. The zero-order chi connectivity index (χ0) is 18.1. The van der Waals surface area contributed by atoms with Crippen LogP contribution in [0.15, 0.2) is 33.7 Å². The normalized spacial score (nSPS) is 11.2. The largest absolute Gasteiger partial charge is 0.444 e. The van der Waals surface area contributed by atoms with Crippen molar-refractivity contribution >= 4 is 41.5 Å². The number of halogens is 2. The lowest BCUT2D eigenvalue weighted by Crippen LogP contribution is -2.39. The fourth-order valence-corrected chi connectivity index (χ4v) is 2.23. The van der Waals surface area contributed by atoms with Crippen LogP contribution in [0.4, 0.5) is 0 Å². The highest BCUT2D eigenvalue weighted by atomic mass is 127. The molecule has 26 heavy (non-hydrogen) atoms. The Bertz CT molecular complexity index is 669. The van der Waals surface area contributed by atoms with Crippen LogP contribution >= 0.6 is 35.6 Å². The van der Waals surface area contributed by atoms with Crippen LogP contribution in [0, 0.1) is 13.8 Å². The van der Waals surface area contributed by atoms with Crippen molar-refractivity contribution in [2.75, 3.05) is 19.7 Å². The predicted octanol–water partition coefficient (Wildman–Crippen LogP) is 3.83. The first-order valence-electron chi connectivity index (χ1n) is 8.35. The molecule has 0 aliphatic heterocycles. The van der Waals surface area contributed by atoms with Gasteiger partial charge in [-0.3, -0.25) is 0 Å². The molecule has 0 fully saturated rings. The van der Waals surface area contributed by atoms with Crippen LogP contribution in [0.3, 0.4) is 0 Å². The Balaban J connectivity index is 0.00000338. The van der Waals surface area contributed by atoms with E-state index in [1.807, 2.05) is 45.0 Å². The maximum absolute atomic E-state index is 5.86. The number of hydrogen-bond acceptors (Lipinski definition) is 4. The summed E-state index contributed by atoms with van der Waals surface area (Å²) in [6, 6.07) is 7.64. The van der Waals surface area contributed by atoms with Gasteiger partial charge in [0, 0.05) is 18.1 Å². The Kier molecular flexibility index (Phi) is 10.6. The minimum absolute atomic E-state index is 0. The van der Waals surface area contributed by atoms with Crippen LogP contribution in [-0.2, 0) is 17.9 Å². The van der Waals surface area contributed by atoms with E-state index in [0.717, 1.165) is 28.6 Å². The van der Waals surface area contributed by atoms with Gasteiger partial charge in [0.25, 0.3) is 0 Å². The molecule has 1 aromatic carbocycles. The van der Waals surface area contributed by atoms with Crippen LogP contribution < -0.4 is 10.6 Å². The molecule has 6 nitrogen and oxygen atoms in total. The molecule has 8 heteroatoms. The monoisotopic (exact) mass is 492 g/mol. The zero-order valence-electron chi connectivity index (χ0n) is 15.3. The van der Waals surface area contributed by atoms with Gasteiger partial charge in [-0.25, -0.2) is 9.98 Å². The summed E-state index contributed by atoms with van der Waals surface area (Å²) in [4.78, 5) is 8.80. The number of benzene rings is 1. The van der Waals surface area contributed by atoms with Crippen molar-refractivity contribution in [3.05, 3.63) is 52.2 Å². The summed E-state index contributed by atoms with van der Waals surface area (Å²) in [5.74, 6) is 2.16. The number of ether oxygens (including phenoxy) is 1. The van der Waals surface area contributed by atoms with Crippen LogP contribution in [0.25, 0.3) is 0 Å². The van der Waals surface area contributed by atoms with Gasteiger partial charge in [-0.2, -0.15) is 0 Å². The van der Waals surface area contributed by atoms with Crippen molar-refractivity contribution in [3.63, 3.8) is 0 Å². The third kappa shape index (κ3) is 7.92. The van der Waals surface area contributed by atoms with Gasteiger partial charge in [-0.05, 0) is 38.5 Å². The van der Waals surface area contributed by atoms with E-state index in [2.05, 4.69) is 20.6 Å². The number of hydrogen-bond donors (Lipinski definition) is 2. The molecule has 0 unspecified atom stereocenters. The Morgan fingerprint density at radius 2 is 1.96 bits per heavy atom. The smallest absolute Gasteiger partial charge is 0.216 e. The van der Waals surface area contributed by atoms with Crippen LogP contribution in [0.2, 0.25) is 5.02 Å². The van der Waals surface area contributed by atoms with Gasteiger partial charge < -0.3 is 19.8 Å². The Labute approximate surface area is 176 Å².